The lowest BCUT2D eigenvalue weighted by Crippen LogP contribution is -2.20. The minimum absolute atomic E-state index is 0.295. The number of aryl methyl sites for hydroxylation is 1. The normalized spacial score (nSPS) is 12.2. The molecule has 0 heterocycles. The smallest absolute Gasteiger partial charge is 0.124 e. The van der Waals surface area contributed by atoms with Gasteiger partial charge < -0.3 is 10.1 Å². The average Bonchev–Trinajstić information content (AvgIpc) is 2.34. The van der Waals surface area contributed by atoms with Crippen molar-refractivity contribution in [2.75, 3.05) is 13.2 Å². The summed E-state index contributed by atoms with van der Waals surface area (Å²) in [6.45, 7) is 11.7. The minimum atomic E-state index is 0.295. The topological polar surface area (TPSA) is 21.3 Å². The minimum Gasteiger partial charge on any atom is -0.488 e. The Bertz CT molecular complexity index is 403. The lowest BCUT2D eigenvalue weighted by atomic mass is 10.0. The predicted molar refractivity (Wildman–Crippen MR) is 81.4 cm³/mol. The van der Waals surface area contributed by atoms with E-state index in [2.05, 4.69) is 60.7 Å². The predicted octanol–water partition coefficient (Wildman–Crippen LogP) is 4.34. The molecule has 0 saturated heterocycles. The molecule has 1 unspecified atom stereocenters. The Morgan fingerprint density at radius 2 is 2.22 bits per heavy atom. The lowest BCUT2D eigenvalue weighted by molar-refractivity contribution is 0.352. The van der Waals surface area contributed by atoms with Crippen LogP contribution in [-0.2, 0) is 0 Å². The second kappa shape index (κ2) is 7.59. The SMILES string of the molecule is C=C(Br)COc1ccc(C)cc1C(C)NCCC. The van der Waals surface area contributed by atoms with Crippen molar-refractivity contribution in [1.82, 2.24) is 5.32 Å². The lowest BCUT2D eigenvalue weighted by Gasteiger charge is -2.18. The van der Waals surface area contributed by atoms with Crippen LogP contribution in [0.25, 0.3) is 0 Å². The first-order chi connectivity index (χ1) is 8.54. The van der Waals surface area contributed by atoms with E-state index in [9.17, 15) is 0 Å². The zero-order valence-electron chi connectivity index (χ0n) is 11.4. The molecule has 0 spiro atoms. The van der Waals surface area contributed by atoms with Gasteiger partial charge in [0.15, 0.2) is 0 Å². The molecule has 0 aliphatic heterocycles. The Hall–Kier alpha value is -0.800. The maximum absolute atomic E-state index is 5.77. The average molecular weight is 312 g/mol. The summed E-state index contributed by atoms with van der Waals surface area (Å²) < 4.78 is 6.62. The van der Waals surface area contributed by atoms with E-state index in [0.717, 1.165) is 23.2 Å². The van der Waals surface area contributed by atoms with E-state index < -0.39 is 0 Å². The molecule has 1 rings (SSSR count). The van der Waals surface area contributed by atoms with Crippen LogP contribution >= 0.6 is 15.9 Å². The summed E-state index contributed by atoms with van der Waals surface area (Å²) >= 11 is 3.31. The molecule has 1 aromatic carbocycles. The van der Waals surface area contributed by atoms with E-state index >= 15 is 0 Å². The third-order valence-electron chi connectivity index (χ3n) is 2.72. The molecular weight excluding hydrogens is 290 g/mol. The van der Waals surface area contributed by atoms with Gasteiger partial charge in [0.2, 0.25) is 0 Å². The van der Waals surface area contributed by atoms with Crippen molar-refractivity contribution in [1.29, 1.82) is 0 Å². The van der Waals surface area contributed by atoms with Gasteiger partial charge in [-0.1, -0.05) is 47.1 Å². The van der Waals surface area contributed by atoms with E-state index in [1.165, 1.54) is 11.1 Å². The number of hydrogen-bond acceptors (Lipinski definition) is 2. The number of hydrogen-bond donors (Lipinski definition) is 1. The van der Waals surface area contributed by atoms with Gasteiger partial charge in [-0.25, -0.2) is 0 Å². The van der Waals surface area contributed by atoms with Gasteiger partial charge >= 0.3 is 0 Å². The monoisotopic (exact) mass is 311 g/mol. The third-order valence-corrected chi connectivity index (χ3v) is 2.95. The molecule has 0 bridgehead atoms. The molecule has 3 heteroatoms. The second-order valence-electron chi connectivity index (χ2n) is 4.52. The molecule has 100 valence electrons. The molecular formula is C15H22BrNO. The highest BCUT2D eigenvalue weighted by molar-refractivity contribution is 9.11. The Balaban J connectivity index is 2.84. The highest BCUT2D eigenvalue weighted by Crippen LogP contribution is 2.27. The van der Waals surface area contributed by atoms with Gasteiger partial charge in [0.05, 0.1) is 0 Å². The molecule has 1 N–H and O–H groups in total. The molecule has 1 atom stereocenters. The molecule has 1 aromatic rings. The fourth-order valence-corrected chi connectivity index (χ4v) is 1.88. The first kappa shape index (κ1) is 15.3. The summed E-state index contributed by atoms with van der Waals surface area (Å²) in [5, 5.41) is 3.49. The van der Waals surface area contributed by atoms with Crippen molar-refractivity contribution in [3.63, 3.8) is 0 Å². The number of ether oxygens (including phenoxy) is 1. The summed E-state index contributed by atoms with van der Waals surface area (Å²) in [5.74, 6) is 0.928. The first-order valence-electron chi connectivity index (χ1n) is 6.34. The highest BCUT2D eigenvalue weighted by atomic mass is 79.9. The molecule has 18 heavy (non-hydrogen) atoms. The summed E-state index contributed by atoms with van der Waals surface area (Å²) in [6, 6.07) is 6.58. The molecule has 0 saturated carbocycles. The van der Waals surface area contributed by atoms with E-state index in [4.69, 9.17) is 4.74 Å². The van der Waals surface area contributed by atoms with Crippen molar-refractivity contribution in [2.24, 2.45) is 0 Å². The molecule has 2 nitrogen and oxygen atoms in total. The molecule has 0 aromatic heterocycles. The largest absolute Gasteiger partial charge is 0.488 e. The van der Waals surface area contributed by atoms with Crippen LogP contribution in [0.3, 0.4) is 0 Å². The summed E-state index contributed by atoms with van der Waals surface area (Å²) in [7, 11) is 0. The summed E-state index contributed by atoms with van der Waals surface area (Å²) in [5.41, 5.74) is 2.46. The molecule has 0 aliphatic rings. The van der Waals surface area contributed by atoms with Gasteiger partial charge in [0.25, 0.3) is 0 Å². The molecule has 0 aliphatic carbocycles. The zero-order chi connectivity index (χ0) is 13.5. The number of rotatable bonds is 7. The van der Waals surface area contributed by atoms with E-state index in [1.807, 2.05) is 6.07 Å². The van der Waals surface area contributed by atoms with Gasteiger partial charge in [-0.2, -0.15) is 0 Å². The third kappa shape index (κ3) is 4.83. The fraction of sp³-hybridized carbons (Fsp3) is 0.467. The number of nitrogens with one attached hydrogen (secondary N) is 1. The van der Waals surface area contributed by atoms with Gasteiger partial charge in [-0.15, -0.1) is 0 Å². The number of halogens is 1. The van der Waals surface area contributed by atoms with E-state index in [1.54, 1.807) is 0 Å². The maximum atomic E-state index is 5.77. The Morgan fingerprint density at radius 3 is 2.83 bits per heavy atom. The Kier molecular flexibility index (Phi) is 6.44. The van der Waals surface area contributed by atoms with Crippen LogP contribution < -0.4 is 10.1 Å². The highest BCUT2D eigenvalue weighted by Gasteiger charge is 2.11. The van der Waals surface area contributed by atoms with Crippen molar-refractivity contribution in [3.05, 3.63) is 40.4 Å². The van der Waals surface area contributed by atoms with Gasteiger partial charge in [0.1, 0.15) is 12.4 Å². The van der Waals surface area contributed by atoms with Gasteiger partial charge in [0, 0.05) is 16.1 Å². The maximum Gasteiger partial charge on any atom is 0.124 e. The quantitative estimate of drug-likeness (QED) is 0.808. The summed E-state index contributed by atoms with van der Waals surface area (Å²) in [4.78, 5) is 0. The van der Waals surface area contributed by atoms with Crippen molar-refractivity contribution in [2.45, 2.75) is 33.2 Å². The molecule has 0 fully saturated rings. The van der Waals surface area contributed by atoms with Crippen LogP contribution in [0.2, 0.25) is 0 Å². The Labute approximate surface area is 119 Å². The van der Waals surface area contributed by atoms with Crippen LogP contribution in [-0.4, -0.2) is 13.2 Å². The molecule has 0 radical (unpaired) electrons. The number of benzene rings is 1. The first-order valence-corrected chi connectivity index (χ1v) is 7.14. The van der Waals surface area contributed by atoms with Crippen LogP contribution in [0, 0.1) is 6.92 Å². The summed E-state index contributed by atoms with van der Waals surface area (Å²) in [6.07, 6.45) is 1.13. The molecule has 0 amide bonds. The Morgan fingerprint density at radius 1 is 1.50 bits per heavy atom. The van der Waals surface area contributed by atoms with Gasteiger partial charge in [-0.3, -0.25) is 0 Å². The van der Waals surface area contributed by atoms with Crippen molar-refractivity contribution >= 4 is 15.9 Å². The van der Waals surface area contributed by atoms with Crippen LogP contribution in [0.15, 0.2) is 29.3 Å². The van der Waals surface area contributed by atoms with Crippen LogP contribution in [0.1, 0.15) is 37.4 Å². The van der Waals surface area contributed by atoms with Crippen LogP contribution in [0.4, 0.5) is 0 Å². The van der Waals surface area contributed by atoms with Crippen molar-refractivity contribution < 1.29 is 4.74 Å². The van der Waals surface area contributed by atoms with Gasteiger partial charge in [-0.05, 0) is 32.9 Å². The van der Waals surface area contributed by atoms with Crippen molar-refractivity contribution in [3.8, 4) is 5.75 Å². The van der Waals surface area contributed by atoms with E-state index in [0.29, 0.717) is 12.6 Å². The fourth-order valence-electron chi connectivity index (χ4n) is 1.76. The van der Waals surface area contributed by atoms with Crippen LogP contribution in [0.5, 0.6) is 5.75 Å². The zero-order valence-corrected chi connectivity index (χ0v) is 13.0. The van der Waals surface area contributed by atoms with E-state index in [-0.39, 0.29) is 0 Å². The standard InChI is InChI=1S/C15H22BrNO/c1-5-8-17-13(4)14-9-11(2)6-7-15(14)18-10-12(3)16/h6-7,9,13,17H,3,5,8,10H2,1-2,4H3. The second-order valence-corrected chi connectivity index (χ2v) is 5.64.